The number of methoxy groups -OCH3 is 1. The number of halogens is 4. The number of aromatic nitrogens is 2. The Morgan fingerprint density at radius 1 is 1.22 bits per heavy atom. The van der Waals surface area contributed by atoms with Gasteiger partial charge in [0, 0.05) is 18.9 Å². The molecule has 9 nitrogen and oxygen atoms in total. The molecule has 36 heavy (non-hydrogen) atoms. The summed E-state index contributed by atoms with van der Waals surface area (Å²) in [7, 11) is 1.09. The zero-order valence-corrected chi connectivity index (χ0v) is 18.8. The van der Waals surface area contributed by atoms with Crippen molar-refractivity contribution in [3.8, 4) is 0 Å². The Kier molecular flexibility index (Phi) is 6.59. The first-order chi connectivity index (χ1) is 17.0. The summed E-state index contributed by atoms with van der Waals surface area (Å²) in [5, 5.41) is 22.9. The number of ether oxygens (including phenoxy) is 1. The van der Waals surface area contributed by atoms with Crippen LogP contribution in [0.1, 0.15) is 21.6 Å². The van der Waals surface area contributed by atoms with Gasteiger partial charge in [0.15, 0.2) is 6.23 Å². The molecule has 1 aliphatic rings. The van der Waals surface area contributed by atoms with Crippen LogP contribution in [-0.4, -0.2) is 70.2 Å². The second-order valence-corrected chi connectivity index (χ2v) is 8.08. The number of benzene rings is 2. The Morgan fingerprint density at radius 2 is 1.92 bits per heavy atom. The molecule has 2 aromatic carbocycles. The number of amidine groups is 2. The highest BCUT2D eigenvalue weighted by Crippen LogP contribution is 2.25. The average molecular weight is 504 g/mol. The number of hydrogen-bond acceptors (Lipinski definition) is 6. The summed E-state index contributed by atoms with van der Waals surface area (Å²) >= 11 is 0. The molecule has 0 aliphatic carbocycles. The Hall–Kier alpha value is -4.13. The monoisotopic (exact) mass is 504 g/mol. The van der Waals surface area contributed by atoms with E-state index in [4.69, 9.17) is 15.6 Å². The molecule has 1 amide bonds. The van der Waals surface area contributed by atoms with Crippen LogP contribution in [0.4, 0.5) is 17.6 Å². The number of hydrogen-bond donors (Lipinski definition) is 3. The van der Waals surface area contributed by atoms with Gasteiger partial charge in [0.05, 0.1) is 29.7 Å². The molecule has 0 spiro atoms. The maximum absolute atomic E-state index is 14.7. The van der Waals surface area contributed by atoms with Crippen LogP contribution in [0.5, 0.6) is 0 Å². The summed E-state index contributed by atoms with van der Waals surface area (Å²) in [6.07, 6.45) is -6.31. The van der Waals surface area contributed by atoms with Gasteiger partial charge in [0.2, 0.25) is 5.84 Å². The molecule has 3 N–H and O–H groups in total. The molecule has 0 saturated carbocycles. The first-order valence-corrected chi connectivity index (χ1v) is 10.6. The molecule has 1 aromatic heterocycles. The lowest BCUT2D eigenvalue weighted by molar-refractivity contribution is -0.0809. The maximum Gasteiger partial charge on any atom is 0.449 e. The number of fused-ring (bicyclic) bond motifs is 1. The van der Waals surface area contributed by atoms with Gasteiger partial charge >= 0.3 is 6.18 Å². The highest BCUT2D eigenvalue weighted by Gasteiger charge is 2.46. The second-order valence-electron chi connectivity index (χ2n) is 8.08. The zero-order chi connectivity index (χ0) is 26.2. The molecular formula is C23H20F4N6O3. The first-order valence-electron chi connectivity index (χ1n) is 10.6. The molecule has 13 heteroatoms. The quantitative estimate of drug-likeness (QED) is 0.286. The van der Waals surface area contributed by atoms with E-state index < -0.39 is 48.9 Å². The predicted octanol–water partition coefficient (Wildman–Crippen LogP) is 2.90. The molecule has 4 rings (SSSR count). The van der Waals surface area contributed by atoms with Gasteiger partial charge in [0.1, 0.15) is 11.7 Å². The molecule has 1 fully saturated rings. The van der Waals surface area contributed by atoms with Crippen LogP contribution in [0.25, 0.3) is 10.8 Å². The topological polar surface area (TPSA) is 126 Å². The van der Waals surface area contributed by atoms with E-state index in [1.165, 1.54) is 12.1 Å². The molecule has 2 heterocycles. The number of piperazine rings is 1. The van der Waals surface area contributed by atoms with Gasteiger partial charge in [-0.2, -0.15) is 18.3 Å². The molecular weight excluding hydrogens is 484 g/mol. The SMILES string of the molecule is COC1CN(C(=O)c2cc(Cc3n[nH]c(=O)c4ccccc34)ccc2F)CC(=N)N1C(=N)C(F)(F)F. The van der Waals surface area contributed by atoms with Crippen molar-refractivity contribution in [1.29, 1.82) is 10.8 Å². The number of carbonyl (C=O) groups is 1. The summed E-state index contributed by atoms with van der Waals surface area (Å²) in [5.41, 5.74) is 0.288. The van der Waals surface area contributed by atoms with Crippen molar-refractivity contribution in [2.45, 2.75) is 18.8 Å². The van der Waals surface area contributed by atoms with Gasteiger partial charge in [-0.3, -0.25) is 25.3 Å². The van der Waals surface area contributed by atoms with Crippen molar-refractivity contribution in [2.24, 2.45) is 0 Å². The fourth-order valence-electron chi connectivity index (χ4n) is 4.03. The van der Waals surface area contributed by atoms with Crippen molar-refractivity contribution in [2.75, 3.05) is 20.2 Å². The second kappa shape index (κ2) is 9.49. The van der Waals surface area contributed by atoms with E-state index in [2.05, 4.69) is 10.2 Å². The van der Waals surface area contributed by atoms with Gasteiger partial charge in [-0.1, -0.05) is 24.3 Å². The molecule has 188 valence electrons. The van der Waals surface area contributed by atoms with E-state index in [1.807, 2.05) is 0 Å². The number of aromatic amines is 1. The smallest absolute Gasteiger partial charge is 0.359 e. The molecule has 0 bridgehead atoms. The minimum Gasteiger partial charge on any atom is -0.359 e. The minimum atomic E-state index is -5.02. The van der Waals surface area contributed by atoms with Gasteiger partial charge < -0.3 is 9.64 Å². The average Bonchev–Trinajstić information content (AvgIpc) is 2.85. The van der Waals surface area contributed by atoms with E-state index in [-0.39, 0.29) is 17.5 Å². The zero-order valence-electron chi connectivity index (χ0n) is 18.8. The number of rotatable bonds is 4. The summed E-state index contributed by atoms with van der Waals surface area (Å²) in [6.45, 7) is -1.00. The molecule has 1 saturated heterocycles. The van der Waals surface area contributed by atoms with Crippen LogP contribution in [0, 0.1) is 16.6 Å². The number of amides is 1. The fourth-order valence-corrected chi connectivity index (χ4v) is 4.03. The Morgan fingerprint density at radius 3 is 2.58 bits per heavy atom. The lowest BCUT2D eigenvalue weighted by Gasteiger charge is -2.41. The van der Waals surface area contributed by atoms with Gasteiger partial charge in [-0.15, -0.1) is 0 Å². The van der Waals surface area contributed by atoms with Gasteiger partial charge in [0.25, 0.3) is 11.5 Å². The van der Waals surface area contributed by atoms with Crippen molar-refractivity contribution in [3.05, 3.63) is 75.5 Å². The third-order valence-electron chi connectivity index (χ3n) is 5.77. The number of carbonyl (C=O) groups excluding carboxylic acids is 1. The Bertz CT molecular complexity index is 1420. The van der Waals surface area contributed by atoms with Crippen LogP contribution in [0.2, 0.25) is 0 Å². The van der Waals surface area contributed by atoms with Crippen LogP contribution >= 0.6 is 0 Å². The Balaban J connectivity index is 1.60. The minimum absolute atomic E-state index is 0.158. The van der Waals surface area contributed by atoms with E-state index in [9.17, 15) is 27.2 Å². The van der Waals surface area contributed by atoms with Crippen molar-refractivity contribution in [1.82, 2.24) is 20.0 Å². The molecule has 1 atom stereocenters. The number of H-pyrrole nitrogens is 1. The van der Waals surface area contributed by atoms with Crippen LogP contribution in [-0.2, 0) is 11.2 Å². The van der Waals surface area contributed by atoms with Gasteiger partial charge in [-0.05, 0) is 23.8 Å². The standard InChI is InChI=1S/C23H20F4N6O3/c1-36-19-11-32(10-18(28)33(19)22(29)23(25,26)27)21(35)15-8-12(6-7-16(15)24)9-17-13-4-2-3-5-14(13)20(34)31-30-17/h2-8,19,28-29H,9-11H2,1H3,(H,31,34). The lowest BCUT2D eigenvalue weighted by Crippen LogP contribution is -2.62. The van der Waals surface area contributed by atoms with Crippen molar-refractivity contribution in [3.63, 3.8) is 0 Å². The Labute approximate surface area is 201 Å². The van der Waals surface area contributed by atoms with E-state index in [0.717, 1.165) is 18.1 Å². The third kappa shape index (κ3) is 4.69. The summed E-state index contributed by atoms with van der Waals surface area (Å²) < 4.78 is 58.9. The molecule has 1 aliphatic heterocycles. The van der Waals surface area contributed by atoms with Crippen molar-refractivity contribution < 1.29 is 27.1 Å². The largest absolute Gasteiger partial charge is 0.449 e. The molecule has 1 unspecified atom stereocenters. The van der Waals surface area contributed by atoms with E-state index in [0.29, 0.717) is 26.9 Å². The highest BCUT2D eigenvalue weighted by molar-refractivity contribution is 6.05. The highest BCUT2D eigenvalue weighted by atomic mass is 19.4. The third-order valence-corrected chi connectivity index (χ3v) is 5.77. The summed E-state index contributed by atoms with van der Waals surface area (Å²) in [5.74, 6) is -4.18. The van der Waals surface area contributed by atoms with Gasteiger partial charge in [-0.25, -0.2) is 9.49 Å². The maximum atomic E-state index is 14.7. The normalized spacial score (nSPS) is 16.5. The van der Waals surface area contributed by atoms with E-state index in [1.54, 1.807) is 24.3 Å². The predicted molar refractivity (Wildman–Crippen MR) is 122 cm³/mol. The lowest BCUT2D eigenvalue weighted by atomic mass is 10.0. The molecule has 0 radical (unpaired) electrons. The first kappa shape index (κ1) is 25.0. The fraction of sp³-hybridized carbons (Fsp3) is 0.261. The molecule has 3 aromatic rings. The number of nitrogens with one attached hydrogen (secondary N) is 3. The van der Waals surface area contributed by atoms with Crippen LogP contribution in [0.15, 0.2) is 47.3 Å². The summed E-state index contributed by atoms with van der Waals surface area (Å²) in [4.78, 5) is 26.5. The van der Waals surface area contributed by atoms with Crippen molar-refractivity contribution >= 4 is 28.4 Å². The van der Waals surface area contributed by atoms with E-state index >= 15 is 0 Å². The van der Waals surface area contributed by atoms with Crippen LogP contribution in [0.3, 0.4) is 0 Å². The van der Waals surface area contributed by atoms with Crippen LogP contribution < -0.4 is 5.56 Å². The number of alkyl halides is 3. The summed E-state index contributed by atoms with van der Waals surface area (Å²) in [6, 6.07) is 10.6. The number of nitrogens with zero attached hydrogens (tertiary/aromatic N) is 3.